The fraction of sp³-hybridized carbons (Fsp3) is 0.783. The van der Waals surface area contributed by atoms with E-state index in [0.717, 1.165) is 57.3 Å². The van der Waals surface area contributed by atoms with Gasteiger partial charge >= 0.3 is 19.8 Å². The zero-order valence-corrected chi connectivity index (χ0v) is 37.4. The topological polar surface area (TPSA) is 169 Å². The molecule has 0 spiro atoms. The fourth-order valence-corrected chi connectivity index (χ4v) is 6.80. The maximum Gasteiger partial charge on any atom is 0.472 e. The van der Waals surface area contributed by atoms with E-state index in [2.05, 4.69) is 55.7 Å². The Kier molecular flexibility index (Phi) is 38.8. The smallest absolute Gasteiger partial charge is 0.462 e. The molecule has 0 radical (unpaired) electrons. The highest BCUT2D eigenvalue weighted by atomic mass is 31.2. The molecule has 0 aliphatic heterocycles. The van der Waals surface area contributed by atoms with Gasteiger partial charge in [0, 0.05) is 12.8 Å². The number of phosphoric acid groups is 1. The summed E-state index contributed by atoms with van der Waals surface area (Å²) < 4.78 is 32.7. The Hall–Kier alpha value is -2.11. The summed E-state index contributed by atoms with van der Waals surface area (Å²) in [4.78, 5) is 35.0. The van der Waals surface area contributed by atoms with Crippen LogP contribution in [0.4, 0.5) is 0 Å². The molecular weight excluding hydrogens is 759 g/mol. The first kappa shape index (κ1) is 55.9. The highest BCUT2D eigenvalue weighted by Gasteiger charge is 2.27. The molecule has 11 nitrogen and oxygen atoms in total. The van der Waals surface area contributed by atoms with Crippen LogP contribution < -0.4 is 0 Å². The Labute approximate surface area is 352 Å². The van der Waals surface area contributed by atoms with E-state index in [4.69, 9.17) is 19.1 Å². The number of ether oxygens (including phenoxy) is 2. The van der Waals surface area contributed by atoms with Crippen molar-refractivity contribution in [3.63, 3.8) is 0 Å². The van der Waals surface area contributed by atoms with E-state index < -0.39 is 51.8 Å². The van der Waals surface area contributed by atoms with Crippen molar-refractivity contribution in [3.8, 4) is 0 Å². The van der Waals surface area contributed by atoms with Crippen LogP contribution in [0.1, 0.15) is 181 Å². The summed E-state index contributed by atoms with van der Waals surface area (Å²) in [6.45, 7) is 4.45. The van der Waals surface area contributed by atoms with E-state index in [1.165, 1.54) is 70.6 Å². The van der Waals surface area contributed by atoms with Crippen LogP contribution >= 0.6 is 7.82 Å². The predicted octanol–water partition coefficient (Wildman–Crippen LogP) is 10.9. The van der Waals surface area contributed by atoms with Crippen molar-refractivity contribution < 1.29 is 52.9 Å². The monoisotopic (exact) mass is 843 g/mol. The minimum Gasteiger partial charge on any atom is -0.462 e. The summed E-state index contributed by atoms with van der Waals surface area (Å²) in [6, 6.07) is 0. The summed E-state index contributed by atoms with van der Waals surface area (Å²) in [6.07, 6.45) is 38.6. The number of allylic oxidation sites excluding steroid dienone is 7. The molecule has 338 valence electrons. The zero-order valence-electron chi connectivity index (χ0n) is 36.5. The Morgan fingerprint density at radius 1 is 0.586 bits per heavy atom. The first-order valence-corrected chi connectivity index (χ1v) is 24.0. The average molecular weight is 843 g/mol. The van der Waals surface area contributed by atoms with Crippen molar-refractivity contribution in [2.45, 2.75) is 200 Å². The van der Waals surface area contributed by atoms with Crippen LogP contribution in [-0.4, -0.2) is 76.9 Å². The minimum atomic E-state index is -4.64. The van der Waals surface area contributed by atoms with Gasteiger partial charge in [-0.25, -0.2) is 4.57 Å². The SMILES string of the molecule is CCCC(O)C/C=C\C/C=C\C/C=C\C/C=C\CCCC(=O)OC[C@H](COP(=O)(O)OC[C@@H](O)CO)OC(=O)CCCCCCCCCCCCCCCCC(C)C. The van der Waals surface area contributed by atoms with Gasteiger partial charge in [0.15, 0.2) is 6.10 Å². The fourth-order valence-electron chi connectivity index (χ4n) is 6.01. The van der Waals surface area contributed by atoms with Gasteiger partial charge in [0.05, 0.1) is 25.9 Å². The Balaban J connectivity index is 4.37. The molecule has 58 heavy (non-hydrogen) atoms. The third kappa shape index (κ3) is 40.7. The van der Waals surface area contributed by atoms with Crippen LogP contribution in [0.3, 0.4) is 0 Å². The predicted molar refractivity (Wildman–Crippen MR) is 234 cm³/mol. The van der Waals surface area contributed by atoms with Crippen LogP contribution in [0.25, 0.3) is 0 Å². The van der Waals surface area contributed by atoms with Gasteiger partial charge in [-0.1, -0.05) is 166 Å². The van der Waals surface area contributed by atoms with Gasteiger partial charge in [-0.2, -0.15) is 0 Å². The van der Waals surface area contributed by atoms with E-state index in [1.807, 2.05) is 18.2 Å². The number of unbranched alkanes of at least 4 members (excludes halogenated alkanes) is 14. The number of hydrogen-bond acceptors (Lipinski definition) is 10. The second-order valence-corrected chi connectivity index (χ2v) is 17.2. The van der Waals surface area contributed by atoms with Gasteiger partial charge < -0.3 is 29.7 Å². The number of carbonyl (C=O) groups is 2. The minimum absolute atomic E-state index is 0.151. The molecule has 0 aromatic heterocycles. The van der Waals surface area contributed by atoms with Crippen molar-refractivity contribution in [1.82, 2.24) is 0 Å². The molecule has 4 atom stereocenters. The lowest BCUT2D eigenvalue weighted by Gasteiger charge is -2.20. The maximum absolute atomic E-state index is 12.6. The standard InChI is InChI=1S/C46H83O11P/c1-4-32-42(48)34-29-25-21-17-13-9-7-11-14-18-22-26-30-35-45(50)54-39-44(40-56-58(52,53)55-38-43(49)37-47)57-46(51)36-31-27-23-19-15-10-6-5-8-12-16-20-24-28-33-41(2)3/h7,11,13,17-18,22,25,29,41-44,47-49H,4-6,8-10,12,14-16,19-21,23-24,26-28,30-40H2,1-3H3,(H,52,53)/b11-7-,17-13-,22-18-,29-25-/t42?,43-,44+/m0/s1. The molecule has 0 aliphatic rings. The van der Waals surface area contributed by atoms with Gasteiger partial charge in [0.1, 0.15) is 12.7 Å². The molecule has 0 saturated heterocycles. The lowest BCUT2D eigenvalue weighted by Crippen LogP contribution is -2.29. The van der Waals surface area contributed by atoms with Gasteiger partial charge in [0.2, 0.25) is 0 Å². The number of carbonyl (C=O) groups excluding carboxylic acids is 2. The van der Waals surface area contributed by atoms with E-state index in [-0.39, 0.29) is 25.6 Å². The van der Waals surface area contributed by atoms with E-state index in [0.29, 0.717) is 25.7 Å². The molecule has 0 aromatic carbocycles. The normalized spacial score (nSPS) is 14.9. The number of aliphatic hydroxyl groups is 3. The van der Waals surface area contributed by atoms with Crippen LogP contribution in [0.5, 0.6) is 0 Å². The number of esters is 2. The number of aliphatic hydroxyl groups excluding tert-OH is 3. The van der Waals surface area contributed by atoms with Crippen molar-refractivity contribution in [2.24, 2.45) is 5.92 Å². The lowest BCUT2D eigenvalue weighted by molar-refractivity contribution is -0.161. The summed E-state index contributed by atoms with van der Waals surface area (Å²) in [5.74, 6) is -0.193. The van der Waals surface area contributed by atoms with Crippen LogP contribution in [0.15, 0.2) is 48.6 Å². The highest BCUT2D eigenvalue weighted by molar-refractivity contribution is 7.47. The van der Waals surface area contributed by atoms with Crippen LogP contribution in [-0.2, 0) is 32.7 Å². The summed E-state index contributed by atoms with van der Waals surface area (Å²) >= 11 is 0. The quantitative estimate of drug-likeness (QED) is 0.0200. The number of rotatable bonds is 41. The third-order valence-corrected chi connectivity index (χ3v) is 10.4. The largest absolute Gasteiger partial charge is 0.472 e. The molecule has 0 bridgehead atoms. The number of hydrogen-bond donors (Lipinski definition) is 4. The average Bonchev–Trinajstić information content (AvgIpc) is 3.19. The molecule has 0 rings (SSSR count). The molecule has 0 saturated carbocycles. The Morgan fingerprint density at radius 3 is 1.60 bits per heavy atom. The molecule has 4 N–H and O–H groups in total. The van der Waals surface area contributed by atoms with E-state index >= 15 is 0 Å². The number of phosphoric ester groups is 1. The van der Waals surface area contributed by atoms with Crippen molar-refractivity contribution in [2.75, 3.05) is 26.4 Å². The molecule has 0 amide bonds. The summed E-state index contributed by atoms with van der Waals surface area (Å²) in [5, 5.41) is 28.1. The van der Waals surface area contributed by atoms with Crippen molar-refractivity contribution in [1.29, 1.82) is 0 Å². The van der Waals surface area contributed by atoms with Crippen molar-refractivity contribution in [3.05, 3.63) is 48.6 Å². The molecule has 2 unspecified atom stereocenters. The zero-order chi connectivity index (χ0) is 43.0. The van der Waals surface area contributed by atoms with Gasteiger partial charge in [0.25, 0.3) is 0 Å². The van der Waals surface area contributed by atoms with E-state index in [9.17, 15) is 29.3 Å². The summed E-state index contributed by atoms with van der Waals surface area (Å²) in [5.41, 5.74) is 0. The van der Waals surface area contributed by atoms with Crippen LogP contribution in [0, 0.1) is 5.92 Å². The first-order valence-electron chi connectivity index (χ1n) is 22.5. The first-order chi connectivity index (χ1) is 28.0. The second kappa shape index (κ2) is 40.3. The molecule has 12 heteroatoms. The second-order valence-electron chi connectivity index (χ2n) is 15.7. The lowest BCUT2D eigenvalue weighted by atomic mass is 10.0. The Bertz CT molecular complexity index is 1140. The molecule has 0 aliphatic carbocycles. The molecule has 0 fully saturated rings. The van der Waals surface area contributed by atoms with Gasteiger partial charge in [-0.3, -0.25) is 18.6 Å². The Morgan fingerprint density at radius 2 is 1.07 bits per heavy atom. The van der Waals surface area contributed by atoms with E-state index in [1.54, 1.807) is 0 Å². The molecular formula is C46H83O11P. The van der Waals surface area contributed by atoms with Crippen LogP contribution in [0.2, 0.25) is 0 Å². The molecule has 0 heterocycles. The van der Waals surface area contributed by atoms with Gasteiger partial charge in [-0.15, -0.1) is 0 Å². The van der Waals surface area contributed by atoms with Crippen molar-refractivity contribution >= 4 is 19.8 Å². The highest BCUT2D eigenvalue weighted by Crippen LogP contribution is 2.43. The van der Waals surface area contributed by atoms with Gasteiger partial charge in [-0.05, 0) is 57.3 Å². The maximum atomic E-state index is 12.6. The third-order valence-electron chi connectivity index (χ3n) is 9.47. The molecule has 0 aromatic rings. The summed E-state index contributed by atoms with van der Waals surface area (Å²) in [7, 11) is -4.64.